The van der Waals surface area contributed by atoms with E-state index in [2.05, 4.69) is 4.84 Å². The minimum absolute atomic E-state index is 0.482. The summed E-state index contributed by atoms with van der Waals surface area (Å²) in [5.41, 5.74) is -3.30. The van der Waals surface area contributed by atoms with Gasteiger partial charge in [0.15, 0.2) is 5.34 Å². The van der Waals surface area contributed by atoms with E-state index in [4.69, 9.17) is 15.3 Å². The van der Waals surface area contributed by atoms with Crippen LogP contribution in [0.25, 0.3) is 0 Å². The zero-order valence-electron chi connectivity index (χ0n) is 9.39. The zero-order valence-corrected chi connectivity index (χ0v) is 9.39. The highest BCUT2D eigenvalue weighted by Crippen LogP contribution is 2.19. The molecule has 1 rings (SSSR count). The van der Waals surface area contributed by atoms with E-state index in [1.807, 2.05) is 0 Å². The summed E-state index contributed by atoms with van der Waals surface area (Å²) in [7, 11) is 0. The van der Waals surface area contributed by atoms with Crippen LogP contribution in [-0.4, -0.2) is 39.2 Å². The van der Waals surface area contributed by atoms with E-state index in [9.17, 15) is 24.1 Å². The monoisotopic (exact) mass is 283 g/mol. The molecule has 0 amide bonds. The maximum atomic E-state index is 11.3. The Balaban J connectivity index is 3.65. The second-order valence-electron chi connectivity index (χ2n) is 3.31. The van der Waals surface area contributed by atoms with Crippen molar-refractivity contribution in [1.82, 2.24) is 0 Å². The first-order chi connectivity index (χ1) is 9.29. The molecule has 10 nitrogen and oxygen atoms in total. The number of nitrogens with zero attached hydrogens (tertiary/aromatic N) is 1. The molecule has 1 aromatic carbocycles. The van der Waals surface area contributed by atoms with Crippen LogP contribution in [0.1, 0.15) is 41.4 Å². The van der Waals surface area contributed by atoms with Crippen LogP contribution in [-0.2, 0) is 4.84 Å². The van der Waals surface area contributed by atoms with Crippen molar-refractivity contribution >= 4 is 23.9 Å². The number of hydrogen-bond donors (Lipinski definition) is 3. The summed E-state index contributed by atoms with van der Waals surface area (Å²) in [5, 5.41) is 28.3. The number of benzene rings is 1. The van der Waals surface area contributed by atoms with Gasteiger partial charge in [0.1, 0.15) is 0 Å². The highest BCUT2D eigenvalue weighted by molar-refractivity contribution is 6.09. The zero-order chi connectivity index (χ0) is 15.4. The van der Waals surface area contributed by atoms with Gasteiger partial charge in [-0.3, -0.25) is 4.84 Å². The quantitative estimate of drug-likeness (QED) is 0.517. The van der Waals surface area contributed by atoms with Gasteiger partial charge in [0, 0.05) is 0 Å². The van der Waals surface area contributed by atoms with E-state index in [1.54, 1.807) is 5.34 Å². The topological polar surface area (TPSA) is 168 Å². The third-order valence-corrected chi connectivity index (χ3v) is 2.19. The molecule has 0 radical (unpaired) electrons. The summed E-state index contributed by atoms with van der Waals surface area (Å²) in [6, 6.07) is 0.971. The molecular weight excluding hydrogens is 278 g/mol. The molecule has 0 aliphatic carbocycles. The maximum Gasteiger partial charge on any atom is 0.370 e. The Morgan fingerprint density at radius 1 is 0.800 bits per heavy atom. The lowest BCUT2D eigenvalue weighted by Gasteiger charge is -2.07. The SMILES string of the molecule is O=NOC(=O)c1cc(C(=O)O)c(C(=O)O)cc1C(=O)O. The molecule has 0 bridgehead atoms. The van der Waals surface area contributed by atoms with Gasteiger partial charge in [-0.1, -0.05) is 0 Å². The Hall–Kier alpha value is -3.30. The van der Waals surface area contributed by atoms with Crippen LogP contribution >= 0.6 is 0 Å². The number of carboxylic acids is 3. The first-order valence-electron chi connectivity index (χ1n) is 4.71. The highest BCUT2D eigenvalue weighted by Gasteiger charge is 2.26. The lowest BCUT2D eigenvalue weighted by atomic mass is 9.98. The summed E-state index contributed by atoms with van der Waals surface area (Å²) in [5.74, 6) is -6.62. The van der Waals surface area contributed by atoms with Crippen molar-refractivity contribution in [3.8, 4) is 0 Å². The number of carbonyl (C=O) groups is 4. The Bertz CT molecular complexity index is 634. The summed E-state index contributed by atoms with van der Waals surface area (Å²) < 4.78 is 0. The molecule has 0 saturated heterocycles. The van der Waals surface area contributed by atoms with Crippen molar-refractivity contribution in [2.75, 3.05) is 0 Å². The molecule has 0 unspecified atom stereocenters. The lowest BCUT2D eigenvalue weighted by Crippen LogP contribution is -2.16. The first-order valence-corrected chi connectivity index (χ1v) is 4.71. The Labute approximate surface area is 109 Å². The summed E-state index contributed by atoms with van der Waals surface area (Å²) in [6.07, 6.45) is 0. The molecule has 0 fully saturated rings. The van der Waals surface area contributed by atoms with E-state index >= 15 is 0 Å². The average molecular weight is 283 g/mol. The first kappa shape index (κ1) is 14.8. The van der Waals surface area contributed by atoms with Crippen LogP contribution in [0.2, 0.25) is 0 Å². The number of rotatable bonds is 5. The fourth-order valence-electron chi connectivity index (χ4n) is 1.38. The fourth-order valence-corrected chi connectivity index (χ4v) is 1.38. The summed E-state index contributed by atoms with van der Waals surface area (Å²) in [4.78, 5) is 57.5. The number of hydrogen-bond acceptors (Lipinski definition) is 7. The summed E-state index contributed by atoms with van der Waals surface area (Å²) in [6.45, 7) is 0. The van der Waals surface area contributed by atoms with Gasteiger partial charge < -0.3 is 15.3 Å². The van der Waals surface area contributed by atoms with Crippen LogP contribution < -0.4 is 0 Å². The van der Waals surface area contributed by atoms with Gasteiger partial charge in [-0.25, -0.2) is 19.2 Å². The second kappa shape index (κ2) is 5.56. The minimum Gasteiger partial charge on any atom is -0.478 e. The number of carbonyl (C=O) groups excluding carboxylic acids is 1. The van der Waals surface area contributed by atoms with E-state index in [-0.39, 0.29) is 0 Å². The van der Waals surface area contributed by atoms with Gasteiger partial charge in [0.2, 0.25) is 0 Å². The van der Waals surface area contributed by atoms with Gasteiger partial charge >= 0.3 is 23.9 Å². The lowest BCUT2D eigenvalue weighted by molar-refractivity contribution is 0.0496. The largest absolute Gasteiger partial charge is 0.478 e. The van der Waals surface area contributed by atoms with Crippen molar-refractivity contribution < 1.29 is 39.3 Å². The standard InChI is InChI=1S/C10H5NO9/c12-7(13)3-1-5(9(16)17)6(10(18)20-11-19)2-4(3)8(14)15/h1-2H,(H,12,13)(H,14,15)(H,16,17). The third kappa shape index (κ3) is 2.75. The Morgan fingerprint density at radius 2 is 1.15 bits per heavy atom. The van der Waals surface area contributed by atoms with Crippen molar-refractivity contribution in [1.29, 1.82) is 0 Å². The third-order valence-electron chi connectivity index (χ3n) is 2.19. The van der Waals surface area contributed by atoms with Gasteiger partial charge in [0.05, 0.1) is 22.3 Å². The molecular formula is C10H5NO9. The van der Waals surface area contributed by atoms with Crippen LogP contribution in [0.15, 0.2) is 17.5 Å². The van der Waals surface area contributed by atoms with E-state index in [0.29, 0.717) is 12.1 Å². The molecule has 0 aliphatic heterocycles. The second-order valence-corrected chi connectivity index (χ2v) is 3.31. The van der Waals surface area contributed by atoms with Crippen LogP contribution in [0.4, 0.5) is 0 Å². The molecule has 0 heterocycles. The van der Waals surface area contributed by atoms with Crippen LogP contribution in [0, 0.1) is 4.91 Å². The molecule has 10 heteroatoms. The van der Waals surface area contributed by atoms with E-state index in [1.165, 1.54) is 0 Å². The predicted molar refractivity (Wildman–Crippen MR) is 58.5 cm³/mol. The molecule has 0 aromatic heterocycles. The smallest absolute Gasteiger partial charge is 0.370 e. The number of aromatic carboxylic acids is 3. The molecule has 20 heavy (non-hydrogen) atoms. The number of carboxylic acid groups (broad SMARTS) is 3. The maximum absolute atomic E-state index is 11.3. The van der Waals surface area contributed by atoms with Gasteiger partial charge in [-0.15, -0.1) is 4.91 Å². The molecule has 0 aliphatic rings. The van der Waals surface area contributed by atoms with Crippen LogP contribution in [0.5, 0.6) is 0 Å². The van der Waals surface area contributed by atoms with Crippen molar-refractivity contribution in [3.63, 3.8) is 0 Å². The van der Waals surface area contributed by atoms with Gasteiger partial charge in [0.25, 0.3) is 0 Å². The fraction of sp³-hybridized carbons (Fsp3) is 0. The Morgan fingerprint density at radius 3 is 1.50 bits per heavy atom. The normalized spacial score (nSPS) is 9.60. The Kier molecular flexibility index (Phi) is 4.10. The van der Waals surface area contributed by atoms with E-state index < -0.39 is 46.1 Å². The van der Waals surface area contributed by atoms with Gasteiger partial charge in [-0.05, 0) is 12.1 Å². The molecule has 3 N–H and O–H groups in total. The van der Waals surface area contributed by atoms with Crippen LogP contribution in [0.3, 0.4) is 0 Å². The summed E-state index contributed by atoms with van der Waals surface area (Å²) >= 11 is 0. The highest BCUT2D eigenvalue weighted by atomic mass is 16.7. The predicted octanol–water partition coefficient (Wildman–Crippen LogP) is 0.619. The molecule has 0 spiro atoms. The van der Waals surface area contributed by atoms with Crippen molar-refractivity contribution in [2.24, 2.45) is 5.34 Å². The molecule has 104 valence electrons. The molecule has 1 aromatic rings. The van der Waals surface area contributed by atoms with E-state index in [0.717, 1.165) is 0 Å². The van der Waals surface area contributed by atoms with Gasteiger partial charge in [-0.2, -0.15) is 0 Å². The van der Waals surface area contributed by atoms with Crippen molar-refractivity contribution in [3.05, 3.63) is 39.3 Å². The molecule has 0 saturated carbocycles. The molecule has 0 atom stereocenters. The van der Waals surface area contributed by atoms with Crippen molar-refractivity contribution in [2.45, 2.75) is 0 Å². The minimum atomic E-state index is -1.71. The average Bonchev–Trinajstić information content (AvgIpc) is 2.36.